The van der Waals surface area contributed by atoms with Crippen LogP contribution in [0.3, 0.4) is 0 Å². The molecule has 0 unspecified atom stereocenters. The van der Waals surface area contributed by atoms with Gasteiger partial charge >= 0.3 is 6.03 Å². The topological polar surface area (TPSA) is 87.0 Å². The van der Waals surface area contributed by atoms with Gasteiger partial charge in [0.25, 0.3) is 0 Å². The number of aromatic amines is 1. The molecule has 0 spiro atoms. The molecule has 2 N–H and O–H groups in total. The molecule has 1 saturated heterocycles. The van der Waals surface area contributed by atoms with Crippen molar-refractivity contribution in [2.45, 2.75) is 52.0 Å². The highest BCUT2D eigenvalue weighted by molar-refractivity contribution is 5.75. The summed E-state index contributed by atoms with van der Waals surface area (Å²) < 4.78 is 5.24. The number of aromatic nitrogens is 3. The van der Waals surface area contributed by atoms with Gasteiger partial charge in [0, 0.05) is 36.5 Å². The summed E-state index contributed by atoms with van der Waals surface area (Å²) >= 11 is 0. The van der Waals surface area contributed by atoms with Crippen LogP contribution >= 0.6 is 0 Å². The first-order valence-corrected chi connectivity index (χ1v) is 8.56. The van der Waals surface area contributed by atoms with Gasteiger partial charge in [-0.25, -0.2) is 9.78 Å². The molecular weight excluding hydrogens is 306 g/mol. The van der Waals surface area contributed by atoms with E-state index < -0.39 is 0 Å². The van der Waals surface area contributed by atoms with Gasteiger partial charge in [0.15, 0.2) is 0 Å². The Kier molecular flexibility index (Phi) is 4.87. The molecule has 3 rings (SSSR count). The molecule has 1 aliphatic heterocycles. The van der Waals surface area contributed by atoms with Gasteiger partial charge in [-0.2, -0.15) is 0 Å². The average Bonchev–Trinajstić information content (AvgIpc) is 3.24. The van der Waals surface area contributed by atoms with Crippen LogP contribution < -0.4 is 5.32 Å². The van der Waals surface area contributed by atoms with Crippen molar-refractivity contribution in [3.05, 3.63) is 35.2 Å². The van der Waals surface area contributed by atoms with E-state index >= 15 is 0 Å². The van der Waals surface area contributed by atoms with Crippen molar-refractivity contribution in [3.63, 3.8) is 0 Å². The number of amides is 2. The number of carbonyl (C=O) groups is 1. The minimum absolute atomic E-state index is 0.00934. The number of likely N-dealkylation sites (tertiary alicyclic amines) is 1. The van der Waals surface area contributed by atoms with Crippen molar-refractivity contribution in [2.24, 2.45) is 0 Å². The lowest BCUT2D eigenvalue weighted by Gasteiger charge is -2.32. The van der Waals surface area contributed by atoms with Gasteiger partial charge in [0.2, 0.25) is 0 Å². The van der Waals surface area contributed by atoms with E-state index in [9.17, 15) is 4.79 Å². The van der Waals surface area contributed by atoms with Crippen molar-refractivity contribution in [2.75, 3.05) is 13.1 Å². The van der Waals surface area contributed by atoms with Crippen molar-refractivity contribution in [1.82, 2.24) is 25.3 Å². The van der Waals surface area contributed by atoms with E-state index in [2.05, 4.69) is 27.4 Å². The van der Waals surface area contributed by atoms with Crippen LogP contribution in [0.15, 0.2) is 17.0 Å². The number of hydrogen-bond acceptors (Lipinski definition) is 4. The second-order valence-electron chi connectivity index (χ2n) is 6.42. The Morgan fingerprint density at radius 2 is 2.21 bits per heavy atom. The number of H-pyrrole nitrogens is 1. The Balaban J connectivity index is 1.59. The number of hydrogen-bond donors (Lipinski definition) is 2. The lowest BCUT2D eigenvalue weighted by Crippen LogP contribution is -2.45. The van der Waals surface area contributed by atoms with E-state index in [0.29, 0.717) is 5.92 Å². The number of urea groups is 1. The molecule has 7 nitrogen and oxygen atoms in total. The van der Waals surface area contributed by atoms with Crippen LogP contribution in [0, 0.1) is 13.8 Å². The summed E-state index contributed by atoms with van der Waals surface area (Å²) in [6.45, 7) is 7.37. The van der Waals surface area contributed by atoms with Gasteiger partial charge in [-0.3, -0.25) is 0 Å². The Bertz CT molecular complexity index is 652. The van der Waals surface area contributed by atoms with Gasteiger partial charge in [0.1, 0.15) is 5.76 Å². The summed E-state index contributed by atoms with van der Waals surface area (Å²) in [5.41, 5.74) is 3.01. The fraction of sp³-hybridized carbons (Fsp3) is 0.588. The van der Waals surface area contributed by atoms with Crippen LogP contribution in [0.1, 0.15) is 60.9 Å². The fourth-order valence-electron chi connectivity index (χ4n) is 3.49. The van der Waals surface area contributed by atoms with E-state index in [1.165, 1.54) is 0 Å². The SMILES string of the molecule is CC[C@H](NC(=O)N1CCC(c2cnc[nH]2)CC1)c1c(C)noc1C. The first kappa shape index (κ1) is 16.5. The molecule has 24 heavy (non-hydrogen) atoms. The molecule has 2 aromatic rings. The van der Waals surface area contributed by atoms with Gasteiger partial charge in [-0.1, -0.05) is 12.1 Å². The molecule has 3 heterocycles. The highest BCUT2D eigenvalue weighted by Crippen LogP contribution is 2.27. The summed E-state index contributed by atoms with van der Waals surface area (Å²) in [4.78, 5) is 21.8. The van der Waals surface area contributed by atoms with Crippen LogP contribution in [-0.4, -0.2) is 39.1 Å². The van der Waals surface area contributed by atoms with Gasteiger partial charge < -0.3 is 19.7 Å². The third-order valence-electron chi connectivity index (χ3n) is 4.88. The largest absolute Gasteiger partial charge is 0.361 e. The monoisotopic (exact) mass is 331 g/mol. The smallest absolute Gasteiger partial charge is 0.317 e. The van der Waals surface area contributed by atoms with Crippen LogP contribution in [0.25, 0.3) is 0 Å². The van der Waals surface area contributed by atoms with E-state index in [1.807, 2.05) is 24.9 Å². The van der Waals surface area contributed by atoms with E-state index in [0.717, 1.165) is 55.1 Å². The molecule has 1 fully saturated rings. The molecular formula is C17H25N5O2. The molecule has 2 aromatic heterocycles. The number of aryl methyl sites for hydroxylation is 2. The van der Waals surface area contributed by atoms with Gasteiger partial charge in [-0.15, -0.1) is 0 Å². The van der Waals surface area contributed by atoms with Crippen molar-refractivity contribution >= 4 is 6.03 Å². The summed E-state index contributed by atoms with van der Waals surface area (Å²) in [5.74, 6) is 1.23. The van der Waals surface area contributed by atoms with E-state index in [4.69, 9.17) is 4.52 Å². The Morgan fingerprint density at radius 3 is 2.75 bits per heavy atom. The Hall–Kier alpha value is -2.31. The quantitative estimate of drug-likeness (QED) is 0.901. The van der Waals surface area contributed by atoms with Crippen LogP contribution in [0.2, 0.25) is 0 Å². The number of rotatable bonds is 4. The number of imidazole rings is 1. The lowest BCUT2D eigenvalue weighted by atomic mass is 9.94. The van der Waals surface area contributed by atoms with Crippen molar-refractivity contribution < 1.29 is 9.32 Å². The second kappa shape index (κ2) is 7.07. The van der Waals surface area contributed by atoms with Crippen LogP contribution in [0.5, 0.6) is 0 Å². The predicted molar refractivity (Wildman–Crippen MR) is 89.7 cm³/mol. The predicted octanol–water partition coefficient (Wildman–Crippen LogP) is 3.05. The molecule has 0 aliphatic carbocycles. The maximum Gasteiger partial charge on any atom is 0.317 e. The lowest BCUT2D eigenvalue weighted by molar-refractivity contribution is 0.177. The van der Waals surface area contributed by atoms with E-state index in [-0.39, 0.29) is 12.1 Å². The molecule has 0 bridgehead atoms. The van der Waals surface area contributed by atoms with Crippen LogP contribution in [0.4, 0.5) is 4.79 Å². The first-order valence-electron chi connectivity index (χ1n) is 8.56. The minimum atomic E-state index is -0.0610. The minimum Gasteiger partial charge on any atom is -0.361 e. The highest BCUT2D eigenvalue weighted by atomic mass is 16.5. The molecule has 7 heteroatoms. The zero-order chi connectivity index (χ0) is 17.1. The normalized spacial score (nSPS) is 17.0. The van der Waals surface area contributed by atoms with Crippen molar-refractivity contribution in [1.29, 1.82) is 0 Å². The molecule has 0 aromatic carbocycles. The highest BCUT2D eigenvalue weighted by Gasteiger charge is 2.27. The maximum atomic E-state index is 12.6. The zero-order valence-corrected chi connectivity index (χ0v) is 14.5. The summed E-state index contributed by atoms with van der Waals surface area (Å²) in [5, 5.41) is 7.13. The molecule has 1 atom stereocenters. The summed E-state index contributed by atoms with van der Waals surface area (Å²) in [7, 11) is 0. The third kappa shape index (κ3) is 3.29. The average molecular weight is 331 g/mol. The van der Waals surface area contributed by atoms with E-state index in [1.54, 1.807) is 6.33 Å². The number of nitrogens with zero attached hydrogens (tertiary/aromatic N) is 3. The Labute approximate surface area is 141 Å². The van der Waals surface area contributed by atoms with Gasteiger partial charge in [-0.05, 0) is 33.1 Å². The number of piperidine rings is 1. The molecule has 130 valence electrons. The summed E-state index contributed by atoms with van der Waals surface area (Å²) in [6.07, 6.45) is 6.31. The number of nitrogens with one attached hydrogen (secondary N) is 2. The molecule has 0 radical (unpaired) electrons. The zero-order valence-electron chi connectivity index (χ0n) is 14.5. The molecule has 2 amide bonds. The molecule has 0 saturated carbocycles. The van der Waals surface area contributed by atoms with Crippen LogP contribution in [-0.2, 0) is 0 Å². The Morgan fingerprint density at radius 1 is 1.46 bits per heavy atom. The maximum absolute atomic E-state index is 12.6. The van der Waals surface area contributed by atoms with Crippen molar-refractivity contribution in [3.8, 4) is 0 Å². The number of carbonyl (C=O) groups excluding carboxylic acids is 1. The summed E-state index contributed by atoms with van der Waals surface area (Å²) in [6, 6.07) is -0.0704. The third-order valence-corrected chi connectivity index (χ3v) is 4.88. The molecule has 1 aliphatic rings. The standard InChI is InChI=1S/C17H25N5O2/c1-4-14(16-11(2)21-24-12(16)3)20-17(23)22-7-5-13(6-8-22)15-9-18-10-19-15/h9-10,13-14H,4-8H2,1-3H3,(H,18,19)(H,20,23)/t14-/m0/s1. The van der Waals surface area contributed by atoms with Gasteiger partial charge in [0.05, 0.1) is 18.1 Å². The first-order chi connectivity index (χ1) is 11.6. The fourth-order valence-corrected chi connectivity index (χ4v) is 3.49. The second-order valence-corrected chi connectivity index (χ2v) is 6.42.